The maximum absolute atomic E-state index is 12.9. The van der Waals surface area contributed by atoms with Crippen molar-refractivity contribution >= 4 is 10.0 Å². The highest BCUT2D eigenvalue weighted by Gasteiger charge is 2.43. The van der Waals surface area contributed by atoms with Crippen molar-refractivity contribution in [3.8, 4) is 0 Å². The summed E-state index contributed by atoms with van der Waals surface area (Å²) in [7, 11) is -3.79. The number of aryl methyl sites for hydroxylation is 1. The highest BCUT2D eigenvalue weighted by molar-refractivity contribution is 7.89. The Bertz CT molecular complexity index is 616. The van der Waals surface area contributed by atoms with E-state index < -0.39 is 28.5 Å². The van der Waals surface area contributed by atoms with Crippen LogP contribution in [0, 0.1) is 6.92 Å². The molecule has 0 spiro atoms. The molecule has 0 aliphatic carbocycles. The Morgan fingerprint density at radius 1 is 1.21 bits per heavy atom. The Balaban J connectivity index is 2.21. The number of benzene rings is 1. The lowest BCUT2D eigenvalue weighted by atomic mass is 10.1. The van der Waals surface area contributed by atoms with Crippen LogP contribution in [0.2, 0.25) is 0 Å². The molecule has 0 radical (unpaired) electrons. The molecule has 2 N–H and O–H groups in total. The van der Waals surface area contributed by atoms with Gasteiger partial charge in [0.1, 0.15) is 6.10 Å². The summed E-state index contributed by atoms with van der Waals surface area (Å²) >= 11 is 0. The van der Waals surface area contributed by atoms with Gasteiger partial charge in [0, 0.05) is 13.2 Å². The van der Waals surface area contributed by atoms with E-state index in [4.69, 9.17) is 4.74 Å². The van der Waals surface area contributed by atoms with Gasteiger partial charge in [0.15, 0.2) is 6.23 Å². The number of hydrogen-bond donors (Lipinski definition) is 2. The molecule has 0 aromatic heterocycles. The van der Waals surface area contributed by atoms with Gasteiger partial charge in [0.2, 0.25) is 10.0 Å². The largest absolute Gasteiger partial charge is 0.390 e. The van der Waals surface area contributed by atoms with Gasteiger partial charge in [-0.2, -0.15) is 4.31 Å². The van der Waals surface area contributed by atoms with Crippen molar-refractivity contribution in [3.05, 3.63) is 29.8 Å². The van der Waals surface area contributed by atoms with Crippen LogP contribution in [0.1, 0.15) is 38.2 Å². The van der Waals surface area contributed by atoms with Crippen LogP contribution in [-0.2, 0) is 14.8 Å². The van der Waals surface area contributed by atoms with E-state index in [9.17, 15) is 18.6 Å². The van der Waals surface area contributed by atoms with E-state index in [1.54, 1.807) is 24.3 Å². The summed E-state index contributed by atoms with van der Waals surface area (Å²) in [4.78, 5) is 0.166. The number of aliphatic hydroxyl groups excluding tert-OH is 2. The summed E-state index contributed by atoms with van der Waals surface area (Å²) in [6.45, 7) is 4.42. The number of nitrogens with zero attached hydrogens (tertiary/aromatic N) is 1. The number of rotatable bonds is 7. The van der Waals surface area contributed by atoms with Gasteiger partial charge in [-0.15, -0.1) is 0 Å². The third kappa shape index (κ3) is 4.34. The molecule has 1 aromatic carbocycles. The predicted molar refractivity (Wildman–Crippen MR) is 91.0 cm³/mol. The summed E-state index contributed by atoms with van der Waals surface area (Å²) in [5.74, 6) is 0. The van der Waals surface area contributed by atoms with E-state index in [2.05, 4.69) is 6.92 Å². The smallest absolute Gasteiger partial charge is 0.245 e. The normalized spacial score (nSPS) is 25.8. The van der Waals surface area contributed by atoms with Crippen LogP contribution in [0.3, 0.4) is 0 Å². The van der Waals surface area contributed by atoms with Crippen LogP contribution in [0.25, 0.3) is 0 Å². The van der Waals surface area contributed by atoms with Gasteiger partial charge in [0.25, 0.3) is 0 Å². The fourth-order valence-electron chi connectivity index (χ4n) is 2.76. The minimum atomic E-state index is -3.79. The van der Waals surface area contributed by atoms with E-state index in [1.807, 2.05) is 6.92 Å². The summed E-state index contributed by atoms with van der Waals surface area (Å²) < 4.78 is 32.6. The van der Waals surface area contributed by atoms with E-state index in [1.165, 1.54) is 4.31 Å². The fourth-order valence-corrected chi connectivity index (χ4v) is 4.31. The molecule has 0 unspecified atom stereocenters. The lowest BCUT2D eigenvalue weighted by Gasteiger charge is -2.40. The zero-order valence-corrected chi connectivity index (χ0v) is 15.1. The van der Waals surface area contributed by atoms with Crippen molar-refractivity contribution in [1.82, 2.24) is 4.31 Å². The molecule has 24 heavy (non-hydrogen) atoms. The highest BCUT2D eigenvalue weighted by Crippen LogP contribution is 2.27. The maximum atomic E-state index is 12.9. The molecule has 0 amide bonds. The third-order valence-corrected chi connectivity index (χ3v) is 6.16. The SMILES string of the molecule is CCCCCO[C@H]1[C@H](O)[C@H](O)CCN1S(=O)(=O)c1ccc(C)cc1. The third-order valence-electron chi connectivity index (χ3n) is 4.28. The maximum Gasteiger partial charge on any atom is 0.245 e. The van der Waals surface area contributed by atoms with Gasteiger partial charge in [-0.25, -0.2) is 8.42 Å². The second kappa shape index (κ2) is 8.40. The number of ether oxygens (including phenoxy) is 1. The van der Waals surface area contributed by atoms with Gasteiger partial charge < -0.3 is 14.9 Å². The zero-order chi connectivity index (χ0) is 17.7. The number of piperidine rings is 1. The molecule has 1 aromatic rings. The second-order valence-electron chi connectivity index (χ2n) is 6.24. The molecule has 1 aliphatic rings. The van der Waals surface area contributed by atoms with Crippen LogP contribution in [0.4, 0.5) is 0 Å². The topological polar surface area (TPSA) is 87.1 Å². The molecular weight excluding hydrogens is 330 g/mol. The Hall–Kier alpha value is -0.990. The summed E-state index contributed by atoms with van der Waals surface area (Å²) in [6, 6.07) is 6.57. The molecule has 2 rings (SSSR count). The fraction of sp³-hybridized carbons (Fsp3) is 0.647. The van der Waals surface area contributed by atoms with Crippen molar-refractivity contribution in [3.63, 3.8) is 0 Å². The van der Waals surface area contributed by atoms with Crippen LogP contribution >= 0.6 is 0 Å². The Labute approximate surface area is 144 Å². The monoisotopic (exact) mass is 357 g/mol. The van der Waals surface area contributed by atoms with E-state index in [0.29, 0.717) is 6.61 Å². The van der Waals surface area contributed by atoms with Crippen LogP contribution in [0.5, 0.6) is 0 Å². The Kier molecular flexibility index (Phi) is 6.77. The molecule has 1 aliphatic heterocycles. The summed E-state index contributed by atoms with van der Waals surface area (Å²) in [6.07, 6.45) is -0.334. The first-order valence-electron chi connectivity index (χ1n) is 8.44. The van der Waals surface area contributed by atoms with Gasteiger partial charge in [-0.1, -0.05) is 37.5 Å². The first-order chi connectivity index (χ1) is 11.4. The predicted octanol–water partition coefficient (Wildman–Crippen LogP) is 1.64. The quantitative estimate of drug-likeness (QED) is 0.725. The summed E-state index contributed by atoms with van der Waals surface area (Å²) in [5.41, 5.74) is 0.968. The first-order valence-corrected chi connectivity index (χ1v) is 9.88. The Morgan fingerprint density at radius 3 is 2.50 bits per heavy atom. The van der Waals surface area contributed by atoms with E-state index >= 15 is 0 Å². The zero-order valence-electron chi connectivity index (χ0n) is 14.3. The standard InChI is InChI=1S/C17H27NO5S/c1-3-4-5-12-23-17-16(20)15(19)10-11-18(17)24(21,22)14-8-6-13(2)7-9-14/h6-9,15-17,19-20H,3-5,10-12H2,1-2H3/t15-,16-,17+/m1/s1. The van der Waals surface area contributed by atoms with Crippen molar-refractivity contribution in [2.75, 3.05) is 13.2 Å². The minimum Gasteiger partial charge on any atom is -0.390 e. The molecule has 3 atom stereocenters. The average Bonchev–Trinajstić information content (AvgIpc) is 2.55. The van der Waals surface area contributed by atoms with Crippen molar-refractivity contribution in [2.24, 2.45) is 0 Å². The second-order valence-corrected chi connectivity index (χ2v) is 8.13. The minimum absolute atomic E-state index is 0.118. The first kappa shape index (κ1) is 19.3. The lowest BCUT2D eigenvalue weighted by Crippen LogP contribution is -2.57. The average molecular weight is 357 g/mol. The number of hydrogen-bond acceptors (Lipinski definition) is 5. The number of aliphatic hydroxyl groups is 2. The van der Waals surface area contributed by atoms with Gasteiger partial charge in [-0.05, 0) is 31.9 Å². The van der Waals surface area contributed by atoms with Crippen molar-refractivity contribution < 1.29 is 23.4 Å². The number of sulfonamides is 1. The van der Waals surface area contributed by atoms with Gasteiger partial charge >= 0.3 is 0 Å². The molecule has 7 heteroatoms. The molecule has 0 saturated carbocycles. The van der Waals surface area contributed by atoms with Gasteiger partial charge in [0.05, 0.1) is 11.0 Å². The van der Waals surface area contributed by atoms with E-state index in [-0.39, 0.29) is 17.9 Å². The molecule has 1 saturated heterocycles. The molecule has 136 valence electrons. The molecule has 0 bridgehead atoms. The molecule has 1 heterocycles. The van der Waals surface area contributed by atoms with Crippen LogP contribution < -0.4 is 0 Å². The van der Waals surface area contributed by atoms with Crippen LogP contribution in [-0.4, -0.2) is 54.5 Å². The van der Waals surface area contributed by atoms with Crippen molar-refractivity contribution in [1.29, 1.82) is 0 Å². The van der Waals surface area contributed by atoms with Crippen molar-refractivity contribution in [2.45, 2.75) is 62.9 Å². The molecule has 6 nitrogen and oxygen atoms in total. The number of unbranched alkanes of at least 4 members (excludes halogenated alkanes) is 2. The van der Waals surface area contributed by atoms with E-state index in [0.717, 1.165) is 24.8 Å². The lowest BCUT2D eigenvalue weighted by molar-refractivity contribution is -0.156. The Morgan fingerprint density at radius 2 is 1.88 bits per heavy atom. The summed E-state index contributed by atoms with van der Waals surface area (Å²) in [5, 5.41) is 20.1. The van der Waals surface area contributed by atoms with Crippen LogP contribution in [0.15, 0.2) is 29.2 Å². The molecular formula is C17H27NO5S. The van der Waals surface area contributed by atoms with Gasteiger partial charge in [-0.3, -0.25) is 0 Å². The molecule has 1 fully saturated rings. The highest BCUT2D eigenvalue weighted by atomic mass is 32.2.